The minimum atomic E-state index is -1.10. The van der Waals surface area contributed by atoms with Crippen LogP contribution in [-0.2, 0) is 13.2 Å². The van der Waals surface area contributed by atoms with Gasteiger partial charge in [-0.2, -0.15) is 0 Å². The van der Waals surface area contributed by atoms with E-state index in [1.807, 2.05) is 0 Å². The molecule has 1 heterocycles. The zero-order valence-corrected chi connectivity index (χ0v) is 6.77. The van der Waals surface area contributed by atoms with E-state index in [9.17, 15) is 4.79 Å². The molecule has 13 heavy (non-hydrogen) atoms. The first-order chi connectivity index (χ1) is 6.19. The molecule has 0 aliphatic rings. The molecule has 0 aliphatic heterocycles. The summed E-state index contributed by atoms with van der Waals surface area (Å²) in [5.74, 6) is -1.10. The van der Waals surface area contributed by atoms with Gasteiger partial charge in [0, 0.05) is 11.8 Å². The minimum absolute atomic E-state index is 0.00116. The van der Waals surface area contributed by atoms with E-state index in [2.05, 4.69) is 4.98 Å². The van der Waals surface area contributed by atoms with E-state index in [0.29, 0.717) is 11.3 Å². The average molecular weight is 183 g/mol. The molecule has 1 rings (SSSR count). The quantitative estimate of drug-likeness (QED) is 0.601. The van der Waals surface area contributed by atoms with Gasteiger partial charge in [0.2, 0.25) is 0 Å². The maximum atomic E-state index is 10.5. The first-order valence-electron chi connectivity index (χ1n) is 3.62. The molecule has 0 aliphatic carbocycles. The molecular weight excluding hydrogens is 174 g/mol. The van der Waals surface area contributed by atoms with Gasteiger partial charge in [0.05, 0.1) is 24.5 Å². The molecule has 1 aromatic rings. The van der Waals surface area contributed by atoms with E-state index < -0.39 is 5.97 Å². The van der Waals surface area contributed by atoms with Gasteiger partial charge < -0.3 is 15.3 Å². The Morgan fingerprint density at radius 2 is 2.08 bits per heavy atom. The summed E-state index contributed by atoms with van der Waals surface area (Å²) in [6.45, 7) is -0.639. The maximum absolute atomic E-state index is 10.5. The second-order valence-electron chi connectivity index (χ2n) is 2.45. The fourth-order valence-corrected chi connectivity index (χ4v) is 0.935. The number of rotatable bonds is 3. The summed E-state index contributed by atoms with van der Waals surface area (Å²) in [6.07, 6.45) is 1.15. The van der Waals surface area contributed by atoms with Crippen LogP contribution in [0.5, 0.6) is 0 Å². The summed E-state index contributed by atoms with van der Waals surface area (Å²) in [7, 11) is 0. The number of carboxylic acids is 1. The molecule has 1 aromatic heterocycles. The average Bonchev–Trinajstić information content (AvgIpc) is 2.16. The molecule has 0 saturated heterocycles. The van der Waals surface area contributed by atoms with Crippen molar-refractivity contribution in [3.8, 4) is 0 Å². The predicted molar refractivity (Wildman–Crippen MR) is 43.0 cm³/mol. The fraction of sp³-hybridized carbons (Fsp3) is 0.250. The number of aromatic carboxylic acids is 1. The van der Waals surface area contributed by atoms with Crippen molar-refractivity contribution in [3.63, 3.8) is 0 Å². The Morgan fingerprint density at radius 1 is 1.38 bits per heavy atom. The normalized spacial score (nSPS) is 10.0. The van der Waals surface area contributed by atoms with Gasteiger partial charge in [0.15, 0.2) is 0 Å². The van der Waals surface area contributed by atoms with Crippen LogP contribution in [0.2, 0.25) is 0 Å². The lowest BCUT2D eigenvalue weighted by atomic mass is 10.1. The van der Waals surface area contributed by atoms with Crippen molar-refractivity contribution in [2.75, 3.05) is 0 Å². The number of aliphatic hydroxyl groups excluding tert-OH is 2. The van der Waals surface area contributed by atoms with E-state index >= 15 is 0 Å². The minimum Gasteiger partial charge on any atom is -0.478 e. The largest absolute Gasteiger partial charge is 0.478 e. The Bertz CT molecular complexity index is 324. The molecule has 0 aromatic carbocycles. The fourth-order valence-electron chi connectivity index (χ4n) is 0.935. The molecule has 5 nitrogen and oxygen atoms in total. The molecule has 0 spiro atoms. The van der Waals surface area contributed by atoms with Crippen LogP contribution >= 0.6 is 0 Å². The van der Waals surface area contributed by atoms with Crippen molar-refractivity contribution < 1.29 is 20.1 Å². The molecule has 3 N–H and O–H groups in total. The zero-order chi connectivity index (χ0) is 9.84. The standard InChI is InChI=1S/C8H9NO4/c10-3-6-1-5(8(12)13)2-9-7(6)4-11/h1-2,10-11H,3-4H2,(H,12,13). The number of aliphatic hydroxyl groups is 2. The Hall–Kier alpha value is -1.46. The molecule has 0 radical (unpaired) electrons. The Balaban J connectivity index is 3.13. The van der Waals surface area contributed by atoms with Crippen LogP contribution in [-0.4, -0.2) is 26.3 Å². The molecule has 0 saturated carbocycles. The summed E-state index contributed by atoms with van der Waals surface area (Å²) >= 11 is 0. The van der Waals surface area contributed by atoms with E-state index in [-0.39, 0.29) is 18.8 Å². The number of nitrogens with zero attached hydrogens (tertiary/aromatic N) is 1. The smallest absolute Gasteiger partial charge is 0.337 e. The van der Waals surface area contributed by atoms with Gasteiger partial charge >= 0.3 is 5.97 Å². The number of hydrogen-bond acceptors (Lipinski definition) is 4. The van der Waals surface area contributed by atoms with Crippen LogP contribution in [0, 0.1) is 0 Å². The molecule has 5 heteroatoms. The zero-order valence-electron chi connectivity index (χ0n) is 6.77. The van der Waals surface area contributed by atoms with Crippen LogP contribution in [0.15, 0.2) is 12.3 Å². The van der Waals surface area contributed by atoms with Crippen molar-refractivity contribution in [3.05, 3.63) is 29.1 Å². The lowest BCUT2D eigenvalue weighted by molar-refractivity contribution is 0.0696. The second-order valence-corrected chi connectivity index (χ2v) is 2.45. The molecule has 0 atom stereocenters. The molecule has 0 bridgehead atoms. The van der Waals surface area contributed by atoms with Crippen molar-refractivity contribution >= 4 is 5.97 Å². The van der Waals surface area contributed by atoms with Crippen LogP contribution in [0.3, 0.4) is 0 Å². The molecule has 70 valence electrons. The van der Waals surface area contributed by atoms with Gasteiger partial charge in [0.25, 0.3) is 0 Å². The first-order valence-corrected chi connectivity index (χ1v) is 3.62. The third-order valence-electron chi connectivity index (χ3n) is 1.63. The summed E-state index contributed by atoms with van der Waals surface area (Å²) in [4.78, 5) is 14.2. The van der Waals surface area contributed by atoms with Crippen LogP contribution in [0.25, 0.3) is 0 Å². The number of hydrogen-bond donors (Lipinski definition) is 3. The van der Waals surface area contributed by atoms with E-state index in [0.717, 1.165) is 6.20 Å². The van der Waals surface area contributed by atoms with Crippen LogP contribution in [0.4, 0.5) is 0 Å². The molecule has 0 unspecified atom stereocenters. The summed E-state index contributed by atoms with van der Waals surface area (Å²) in [5.41, 5.74) is 0.635. The highest BCUT2D eigenvalue weighted by Gasteiger charge is 2.08. The van der Waals surface area contributed by atoms with Gasteiger partial charge in [-0.25, -0.2) is 4.79 Å². The van der Waals surface area contributed by atoms with Crippen molar-refractivity contribution in [1.82, 2.24) is 4.98 Å². The first kappa shape index (κ1) is 9.63. The van der Waals surface area contributed by atoms with Crippen LogP contribution in [0.1, 0.15) is 21.6 Å². The van der Waals surface area contributed by atoms with Gasteiger partial charge in [-0.05, 0) is 6.07 Å². The Morgan fingerprint density at radius 3 is 2.54 bits per heavy atom. The van der Waals surface area contributed by atoms with Gasteiger partial charge in [-0.15, -0.1) is 0 Å². The van der Waals surface area contributed by atoms with E-state index in [1.54, 1.807) is 0 Å². The third kappa shape index (κ3) is 2.01. The summed E-state index contributed by atoms with van der Waals surface area (Å²) in [5, 5.41) is 26.2. The number of carbonyl (C=O) groups is 1. The SMILES string of the molecule is O=C(O)c1cnc(CO)c(CO)c1. The number of aromatic nitrogens is 1. The highest BCUT2D eigenvalue weighted by Crippen LogP contribution is 2.09. The Labute approximate surface area is 74.3 Å². The van der Waals surface area contributed by atoms with E-state index in [1.165, 1.54) is 6.07 Å². The Kier molecular flexibility index (Phi) is 2.94. The highest BCUT2D eigenvalue weighted by molar-refractivity contribution is 5.87. The second kappa shape index (κ2) is 3.97. The summed E-state index contributed by atoms with van der Waals surface area (Å²) < 4.78 is 0. The summed E-state index contributed by atoms with van der Waals surface area (Å²) in [6, 6.07) is 1.29. The van der Waals surface area contributed by atoms with Crippen molar-refractivity contribution in [1.29, 1.82) is 0 Å². The highest BCUT2D eigenvalue weighted by atomic mass is 16.4. The topological polar surface area (TPSA) is 90.7 Å². The van der Waals surface area contributed by atoms with Crippen LogP contribution < -0.4 is 0 Å². The lowest BCUT2D eigenvalue weighted by Crippen LogP contribution is -2.03. The van der Waals surface area contributed by atoms with Crippen molar-refractivity contribution in [2.45, 2.75) is 13.2 Å². The molecule has 0 amide bonds. The monoisotopic (exact) mass is 183 g/mol. The van der Waals surface area contributed by atoms with Gasteiger partial charge in [0.1, 0.15) is 0 Å². The third-order valence-corrected chi connectivity index (χ3v) is 1.63. The van der Waals surface area contributed by atoms with Crippen molar-refractivity contribution in [2.24, 2.45) is 0 Å². The number of pyridine rings is 1. The van der Waals surface area contributed by atoms with Gasteiger partial charge in [-0.3, -0.25) is 4.98 Å². The molecule has 0 fully saturated rings. The van der Waals surface area contributed by atoms with Gasteiger partial charge in [-0.1, -0.05) is 0 Å². The maximum Gasteiger partial charge on any atom is 0.337 e. The van der Waals surface area contributed by atoms with E-state index in [4.69, 9.17) is 15.3 Å². The number of carboxylic acid groups (broad SMARTS) is 1. The predicted octanol–water partition coefficient (Wildman–Crippen LogP) is -0.236. The molecular formula is C8H9NO4. The lowest BCUT2D eigenvalue weighted by Gasteiger charge is -2.03.